The summed E-state index contributed by atoms with van der Waals surface area (Å²) in [5, 5.41) is 15.4. The summed E-state index contributed by atoms with van der Waals surface area (Å²) in [4.78, 5) is 32.4. The highest BCUT2D eigenvalue weighted by Gasteiger charge is 2.34. The third-order valence-electron chi connectivity index (χ3n) is 7.31. The van der Waals surface area contributed by atoms with Crippen molar-refractivity contribution >= 4 is 17.5 Å². The van der Waals surface area contributed by atoms with Crippen LogP contribution in [-0.2, 0) is 22.7 Å². The minimum atomic E-state index is -0.930. The predicted octanol–water partition coefficient (Wildman–Crippen LogP) is 4.36. The number of rotatable bonds is 10. The van der Waals surface area contributed by atoms with Gasteiger partial charge >= 0.3 is 0 Å². The number of halogens is 1. The minimum Gasteiger partial charge on any atom is -0.467 e. The van der Waals surface area contributed by atoms with Gasteiger partial charge in [0.05, 0.1) is 18.4 Å². The van der Waals surface area contributed by atoms with Crippen molar-refractivity contribution in [2.45, 2.75) is 57.3 Å². The van der Waals surface area contributed by atoms with E-state index in [1.165, 1.54) is 17.2 Å². The molecule has 0 radical (unpaired) electrons. The quantitative estimate of drug-likeness (QED) is 0.308. The lowest BCUT2D eigenvalue weighted by Gasteiger charge is -2.33. The number of nitrogens with one attached hydrogen (secondary N) is 1. The Hall–Kier alpha value is -4.54. The summed E-state index contributed by atoms with van der Waals surface area (Å²) in [6.45, 7) is -0.246. The molecule has 0 unspecified atom stereocenters. The number of aromatic nitrogens is 4. The Morgan fingerprint density at radius 3 is 2.49 bits per heavy atom. The number of hydrogen-bond donors (Lipinski definition) is 1. The monoisotopic (exact) mass is 559 g/mol. The third-order valence-corrected chi connectivity index (χ3v) is 7.31. The van der Waals surface area contributed by atoms with Crippen LogP contribution in [0.25, 0.3) is 11.4 Å². The second kappa shape index (κ2) is 12.8. The molecule has 2 heterocycles. The van der Waals surface area contributed by atoms with Crippen molar-refractivity contribution in [3.63, 3.8) is 0 Å². The second-order valence-electron chi connectivity index (χ2n) is 10.5. The zero-order valence-corrected chi connectivity index (χ0v) is 23.2. The number of furan rings is 1. The maximum Gasteiger partial charge on any atom is 0.247 e. The first-order chi connectivity index (χ1) is 19.9. The van der Waals surface area contributed by atoms with Gasteiger partial charge in [-0.25, -0.2) is 4.39 Å². The fourth-order valence-corrected chi connectivity index (χ4v) is 5.12. The van der Waals surface area contributed by atoms with E-state index in [-0.39, 0.29) is 36.4 Å². The molecule has 0 bridgehead atoms. The van der Waals surface area contributed by atoms with E-state index >= 15 is 0 Å². The van der Waals surface area contributed by atoms with Gasteiger partial charge in [0, 0.05) is 25.8 Å². The average molecular weight is 560 g/mol. The molecule has 1 aliphatic rings. The molecule has 1 N–H and O–H groups in total. The summed E-state index contributed by atoms with van der Waals surface area (Å²) in [6.07, 6.45) is 6.62. The highest BCUT2D eigenvalue weighted by molar-refractivity contribution is 5.89. The van der Waals surface area contributed by atoms with Crippen LogP contribution >= 0.6 is 0 Å². The van der Waals surface area contributed by atoms with Gasteiger partial charge in [0.1, 0.15) is 24.2 Å². The number of amides is 2. The normalized spacial score (nSPS) is 14.4. The molecule has 2 aromatic heterocycles. The van der Waals surface area contributed by atoms with E-state index < -0.39 is 17.8 Å². The van der Waals surface area contributed by atoms with E-state index in [0.717, 1.165) is 42.6 Å². The van der Waals surface area contributed by atoms with E-state index in [1.54, 1.807) is 30.3 Å². The van der Waals surface area contributed by atoms with Gasteiger partial charge < -0.3 is 19.5 Å². The minimum absolute atomic E-state index is 0.0545. The number of carbonyl (C=O) groups is 2. The number of nitrogens with zero attached hydrogens (tertiary/aromatic N) is 6. The predicted molar refractivity (Wildman–Crippen MR) is 151 cm³/mol. The number of carbonyl (C=O) groups excluding carboxylic acids is 2. The molecule has 1 atom stereocenters. The summed E-state index contributed by atoms with van der Waals surface area (Å²) in [5.41, 5.74) is 1.82. The fourth-order valence-electron chi connectivity index (χ4n) is 5.12. The molecule has 4 aromatic rings. The van der Waals surface area contributed by atoms with E-state index in [2.05, 4.69) is 20.7 Å². The standard InChI is InChI=1S/C30H34FN7O3/c1-36(2)23-16-14-21(15-17-23)28(30(40)32-22-9-4-3-5-10-22)37(19-24-11-8-18-41-24)27(39)20-38-34-29(33-35-38)25-12-6-7-13-26(25)31/h6-8,11-18,22,28H,3-5,9-10,19-20H2,1-2H3,(H,32,40)/t28-/m0/s1. The van der Waals surface area contributed by atoms with Gasteiger partial charge in [-0.1, -0.05) is 43.5 Å². The molecule has 214 valence electrons. The maximum atomic E-state index is 14.3. The van der Waals surface area contributed by atoms with Crippen LogP contribution in [0, 0.1) is 5.82 Å². The van der Waals surface area contributed by atoms with Gasteiger partial charge in [0.2, 0.25) is 17.6 Å². The van der Waals surface area contributed by atoms with Crippen molar-refractivity contribution in [1.29, 1.82) is 0 Å². The van der Waals surface area contributed by atoms with Crippen LogP contribution in [-0.4, -0.2) is 57.1 Å². The lowest BCUT2D eigenvalue weighted by molar-refractivity contribution is -0.143. The Morgan fingerprint density at radius 2 is 1.80 bits per heavy atom. The molecule has 0 saturated heterocycles. The highest BCUT2D eigenvalue weighted by atomic mass is 19.1. The van der Waals surface area contributed by atoms with Gasteiger partial charge in [-0.2, -0.15) is 4.80 Å². The molecule has 1 aliphatic carbocycles. The zero-order valence-electron chi connectivity index (χ0n) is 23.2. The first-order valence-electron chi connectivity index (χ1n) is 13.8. The van der Waals surface area contributed by atoms with Crippen molar-refractivity contribution in [3.8, 4) is 11.4 Å². The van der Waals surface area contributed by atoms with Crippen molar-refractivity contribution in [1.82, 2.24) is 30.4 Å². The van der Waals surface area contributed by atoms with E-state index in [9.17, 15) is 14.0 Å². The fraction of sp³-hybridized carbons (Fsp3) is 0.367. The molecule has 2 aromatic carbocycles. The Kier molecular flexibility index (Phi) is 8.71. The SMILES string of the molecule is CN(C)c1ccc([C@@H](C(=O)NC2CCCCC2)N(Cc2ccco2)C(=O)Cn2nnc(-c3ccccc3F)n2)cc1. The summed E-state index contributed by atoms with van der Waals surface area (Å²) in [5.74, 6) is -0.567. The summed E-state index contributed by atoms with van der Waals surface area (Å²) in [7, 11) is 3.88. The van der Waals surface area contributed by atoms with Crippen molar-refractivity contribution in [3.05, 3.63) is 84.1 Å². The van der Waals surface area contributed by atoms with Crippen LogP contribution in [0.1, 0.15) is 49.5 Å². The van der Waals surface area contributed by atoms with Crippen LogP contribution in [0.2, 0.25) is 0 Å². The molecule has 1 fully saturated rings. The number of tetrazole rings is 1. The Labute approximate surface area is 238 Å². The van der Waals surface area contributed by atoms with Crippen LogP contribution in [0.4, 0.5) is 10.1 Å². The third kappa shape index (κ3) is 6.79. The zero-order chi connectivity index (χ0) is 28.8. The smallest absolute Gasteiger partial charge is 0.247 e. The first-order valence-corrected chi connectivity index (χ1v) is 13.8. The van der Waals surface area contributed by atoms with Crippen LogP contribution in [0.3, 0.4) is 0 Å². The number of benzene rings is 2. The molecule has 11 heteroatoms. The van der Waals surface area contributed by atoms with Gasteiger partial charge in [-0.05, 0) is 60.0 Å². The molecule has 0 aliphatic heterocycles. The highest BCUT2D eigenvalue weighted by Crippen LogP contribution is 2.28. The maximum absolute atomic E-state index is 14.3. The van der Waals surface area contributed by atoms with Crippen LogP contribution < -0.4 is 10.2 Å². The topological polar surface area (TPSA) is 109 Å². The van der Waals surface area contributed by atoms with Crippen LogP contribution in [0.5, 0.6) is 0 Å². The van der Waals surface area contributed by atoms with Gasteiger partial charge in [-0.3, -0.25) is 9.59 Å². The summed E-state index contributed by atoms with van der Waals surface area (Å²) < 4.78 is 19.9. The number of anilines is 1. The molecule has 2 amide bonds. The summed E-state index contributed by atoms with van der Waals surface area (Å²) in [6, 6.07) is 16.3. The summed E-state index contributed by atoms with van der Waals surface area (Å²) >= 11 is 0. The molecule has 0 spiro atoms. The number of hydrogen-bond acceptors (Lipinski definition) is 7. The van der Waals surface area contributed by atoms with E-state index in [0.29, 0.717) is 11.3 Å². The first kappa shape index (κ1) is 28.0. The molecular formula is C30H34FN7O3. The largest absolute Gasteiger partial charge is 0.467 e. The Bertz CT molecular complexity index is 1450. The Morgan fingerprint density at radius 1 is 1.05 bits per heavy atom. The molecular weight excluding hydrogens is 525 g/mol. The van der Waals surface area contributed by atoms with Crippen molar-refractivity contribution in [2.75, 3.05) is 19.0 Å². The molecule has 5 rings (SSSR count). The Balaban J connectivity index is 1.46. The van der Waals surface area contributed by atoms with Gasteiger partial charge in [0.15, 0.2) is 0 Å². The van der Waals surface area contributed by atoms with Gasteiger partial charge in [0.25, 0.3) is 0 Å². The molecule has 10 nitrogen and oxygen atoms in total. The average Bonchev–Trinajstić information content (AvgIpc) is 3.66. The lowest BCUT2D eigenvalue weighted by Crippen LogP contribution is -2.47. The van der Waals surface area contributed by atoms with Gasteiger partial charge in [-0.15, -0.1) is 10.2 Å². The molecule has 41 heavy (non-hydrogen) atoms. The lowest BCUT2D eigenvalue weighted by atomic mass is 9.94. The molecule has 1 saturated carbocycles. The van der Waals surface area contributed by atoms with E-state index in [1.807, 2.05) is 43.3 Å². The van der Waals surface area contributed by atoms with Crippen molar-refractivity contribution < 1.29 is 18.4 Å². The second-order valence-corrected chi connectivity index (χ2v) is 10.5. The van der Waals surface area contributed by atoms with Crippen LogP contribution in [0.15, 0.2) is 71.3 Å². The van der Waals surface area contributed by atoms with Crippen molar-refractivity contribution in [2.24, 2.45) is 0 Å². The van der Waals surface area contributed by atoms with E-state index in [4.69, 9.17) is 4.42 Å².